The van der Waals surface area contributed by atoms with Gasteiger partial charge < -0.3 is 14.2 Å². The lowest BCUT2D eigenvalue weighted by Crippen LogP contribution is -2.27. The lowest BCUT2D eigenvalue weighted by Gasteiger charge is -2.19. The van der Waals surface area contributed by atoms with Crippen LogP contribution >= 0.6 is 27.5 Å². The van der Waals surface area contributed by atoms with Gasteiger partial charge in [0.1, 0.15) is 10.6 Å². The Morgan fingerprint density at radius 2 is 2.16 bits per heavy atom. The van der Waals surface area contributed by atoms with Crippen molar-refractivity contribution in [2.45, 2.75) is 26.4 Å². The van der Waals surface area contributed by atoms with Crippen molar-refractivity contribution < 1.29 is 19.0 Å². The van der Waals surface area contributed by atoms with Crippen LogP contribution < -0.4 is 14.8 Å². The summed E-state index contributed by atoms with van der Waals surface area (Å²) in [6.07, 6.45) is -0.646. The van der Waals surface area contributed by atoms with Crippen LogP contribution in [0.15, 0.2) is 4.47 Å². The Balaban J connectivity index is 2.22. The van der Waals surface area contributed by atoms with Crippen LogP contribution in [-0.2, 0) is 4.74 Å². The Morgan fingerprint density at radius 1 is 1.47 bits per heavy atom. The summed E-state index contributed by atoms with van der Waals surface area (Å²) < 4.78 is 15.9. The molecule has 6 nitrogen and oxygen atoms in total. The average molecular weight is 352 g/mol. The molecule has 8 heteroatoms. The number of nitrogens with zero attached hydrogens (tertiary/aromatic N) is 1. The molecule has 1 N–H and O–H groups in total. The van der Waals surface area contributed by atoms with E-state index in [1.165, 1.54) is 0 Å². The van der Waals surface area contributed by atoms with Gasteiger partial charge in [0.05, 0.1) is 4.47 Å². The van der Waals surface area contributed by atoms with Gasteiger partial charge in [-0.15, -0.1) is 0 Å². The number of hydrogen-bond acceptors (Lipinski definition) is 5. The van der Waals surface area contributed by atoms with E-state index in [0.29, 0.717) is 10.2 Å². The van der Waals surface area contributed by atoms with Gasteiger partial charge in [0.15, 0.2) is 5.82 Å². The molecule has 1 aliphatic rings. The van der Waals surface area contributed by atoms with E-state index in [4.69, 9.17) is 25.8 Å². The van der Waals surface area contributed by atoms with Crippen LogP contribution in [0.2, 0.25) is 5.02 Å². The molecule has 0 radical (unpaired) electrons. The SMILES string of the molecule is CC(C)(C)OC(=O)Nc1nc2c(c(Br)c1Cl)OCO2. The number of rotatable bonds is 1. The third-order valence-corrected chi connectivity index (χ3v) is 3.38. The molecule has 2 rings (SSSR count). The molecule has 104 valence electrons. The molecule has 2 heterocycles. The molecular weight excluding hydrogens is 339 g/mol. The Morgan fingerprint density at radius 3 is 2.79 bits per heavy atom. The number of hydrogen-bond donors (Lipinski definition) is 1. The van der Waals surface area contributed by atoms with Crippen molar-refractivity contribution in [2.24, 2.45) is 0 Å². The summed E-state index contributed by atoms with van der Waals surface area (Å²) in [4.78, 5) is 15.7. The van der Waals surface area contributed by atoms with E-state index in [1.807, 2.05) is 0 Å². The number of carbonyl (C=O) groups is 1. The largest absolute Gasteiger partial charge is 0.450 e. The average Bonchev–Trinajstić information content (AvgIpc) is 2.71. The summed E-state index contributed by atoms with van der Waals surface area (Å²) in [6, 6.07) is 0. The van der Waals surface area contributed by atoms with Crippen LogP contribution in [0.1, 0.15) is 20.8 Å². The maximum Gasteiger partial charge on any atom is 0.413 e. The molecule has 0 fully saturated rings. The summed E-state index contributed by atoms with van der Waals surface area (Å²) in [5, 5.41) is 2.69. The molecule has 1 amide bonds. The van der Waals surface area contributed by atoms with E-state index in [0.717, 1.165) is 0 Å². The fraction of sp³-hybridized carbons (Fsp3) is 0.455. The minimum absolute atomic E-state index is 0.0627. The predicted octanol–water partition coefficient (Wildman–Crippen LogP) is 3.57. The van der Waals surface area contributed by atoms with Crippen LogP contribution in [0.5, 0.6) is 11.6 Å². The molecule has 0 aliphatic carbocycles. The molecule has 0 aromatic carbocycles. The third-order valence-electron chi connectivity index (χ3n) is 2.03. The number of fused-ring (bicyclic) bond motifs is 1. The quantitative estimate of drug-likeness (QED) is 0.837. The summed E-state index contributed by atoms with van der Waals surface area (Å²) in [5.74, 6) is 0.828. The highest BCUT2D eigenvalue weighted by atomic mass is 79.9. The van der Waals surface area contributed by atoms with Crippen molar-refractivity contribution in [2.75, 3.05) is 12.1 Å². The number of anilines is 1. The van der Waals surface area contributed by atoms with Crippen molar-refractivity contribution in [3.63, 3.8) is 0 Å². The summed E-state index contributed by atoms with van der Waals surface area (Å²) in [5.41, 5.74) is -0.607. The highest BCUT2D eigenvalue weighted by molar-refractivity contribution is 9.10. The number of amides is 1. The second kappa shape index (κ2) is 5.05. The standard InChI is InChI=1S/C11H12BrClN2O4/c1-11(2,3)19-10(16)15-8-6(13)5(12)7-9(14-8)18-4-17-7/h4H2,1-3H3,(H,14,15,16). The van der Waals surface area contributed by atoms with Crippen LogP contribution in [0.25, 0.3) is 0 Å². The van der Waals surface area contributed by atoms with Crippen LogP contribution in [0, 0.1) is 0 Å². The molecule has 1 aromatic heterocycles. The van der Waals surface area contributed by atoms with Crippen LogP contribution in [-0.4, -0.2) is 23.5 Å². The zero-order valence-corrected chi connectivity index (χ0v) is 12.9. The van der Waals surface area contributed by atoms with Crippen molar-refractivity contribution >= 4 is 39.4 Å². The Bertz CT molecular complexity index is 530. The molecule has 0 unspecified atom stereocenters. The third kappa shape index (κ3) is 3.22. The Labute approximate surface area is 123 Å². The number of ether oxygens (including phenoxy) is 3. The molecule has 1 aromatic rings. The minimum Gasteiger partial charge on any atom is -0.450 e. The van der Waals surface area contributed by atoms with Gasteiger partial charge in [0, 0.05) is 0 Å². The van der Waals surface area contributed by atoms with Crippen molar-refractivity contribution in [1.82, 2.24) is 4.98 Å². The van der Waals surface area contributed by atoms with Gasteiger partial charge in [-0.25, -0.2) is 4.79 Å². The summed E-state index contributed by atoms with van der Waals surface area (Å²) >= 11 is 9.34. The first-order valence-electron chi connectivity index (χ1n) is 5.42. The number of nitrogens with one attached hydrogen (secondary N) is 1. The maximum atomic E-state index is 11.7. The molecule has 1 aliphatic heterocycles. The second-order valence-electron chi connectivity index (χ2n) is 4.76. The van der Waals surface area contributed by atoms with Gasteiger partial charge in [-0.2, -0.15) is 4.98 Å². The normalized spacial score (nSPS) is 13.3. The lowest BCUT2D eigenvalue weighted by atomic mass is 10.2. The molecule has 19 heavy (non-hydrogen) atoms. The fourth-order valence-corrected chi connectivity index (χ4v) is 2.00. The van der Waals surface area contributed by atoms with E-state index < -0.39 is 11.7 Å². The van der Waals surface area contributed by atoms with E-state index in [-0.39, 0.29) is 23.5 Å². The van der Waals surface area contributed by atoms with Gasteiger partial charge in [-0.3, -0.25) is 5.32 Å². The summed E-state index contributed by atoms with van der Waals surface area (Å²) in [6.45, 7) is 5.35. The monoisotopic (exact) mass is 350 g/mol. The number of carbonyl (C=O) groups excluding carboxylic acids is 1. The number of pyridine rings is 1. The predicted molar refractivity (Wildman–Crippen MR) is 72.9 cm³/mol. The van der Waals surface area contributed by atoms with Crippen molar-refractivity contribution in [3.05, 3.63) is 9.50 Å². The smallest absolute Gasteiger partial charge is 0.413 e. The van der Waals surface area contributed by atoms with Crippen LogP contribution in [0.4, 0.5) is 10.6 Å². The van der Waals surface area contributed by atoms with Crippen molar-refractivity contribution in [1.29, 1.82) is 0 Å². The van der Waals surface area contributed by atoms with E-state index in [1.54, 1.807) is 20.8 Å². The lowest BCUT2D eigenvalue weighted by molar-refractivity contribution is 0.0635. The molecule has 0 atom stereocenters. The van der Waals surface area contributed by atoms with Gasteiger partial charge in [0.2, 0.25) is 12.5 Å². The topological polar surface area (TPSA) is 69.7 Å². The van der Waals surface area contributed by atoms with Gasteiger partial charge >= 0.3 is 6.09 Å². The molecular formula is C11H12BrClN2O4. The van der Waals surface area contributed by atoms with E-state index >= 15 is 0 Å². The summed E-state index contributed by atoms with van der Waals surface area (Å²) in [7, 11) is 0. The van der Waals surface area contributed by atoms with E-state index in [2.05, 4.69) is 26.2 Å². The maximum absolute atomic E-state index is 11.7. The highest BCUT2D eigenvalue weighted by Gasteiger charge is 2.26. The Kier molecular flexibility index (Phi) is 3.78. The zero-order valence-electron chi connectivity index (χ0n) is 10.5. The fourth-order valence-electron chi connectivity index (χ4n) is 1.35. The van der Waals surface area contributed by atoms with Gasteiger partial charge in [-0.05, 0) is 36.7 Å². The number of aromatic nitrogens is 1. The Hall–Kier alpha value is -1.21. The van der Waals surface area contributed by atoms with Crippen molar-refractivity contribution in [3.8, 4) is 11.6 Å². The van der Waals surface area contributed by atoms with Gasteiger partial charge in [0.25, 0.3) is 5.88 Å². The second-order valence-corrected chi connectivity index (χ2v) is 5.93. The molecule has 0 spiro atoms. The highest BCUT2D eigenvalue weighted by Crippen LogP contribution is 2.44. The number of halogens is 2. The molecule has 0 saturated carbocycles. The first-order valence-corrected chi connectivity index (χ1v) is 6.59. The molecule has 0 bridgehead atoms. The first-order chi connectivity index (χ1) is 8.78. The zero-order chi connectivity index (χ0) is 14.2. The van der Waals surface area contributed by atoms with E-state index in [9.17, 15) is 4.79 Å². The molecule has 0 saturated heterocycles. The minimum atomic E-state index is -0.646. The van der Waals surface area contributed by atoms with Gasteiger partial charge in [-0.1, -0.05) is 11.6 Å². The van der Waals surface area contributed by atoms with Crippen LogP contribution in [0.3, 0.4) is 0 Å². The first kappa shape index (κ1) is 14.2.